The van der Waals surface area contributed by atoms with E-state index in [-0.39, 0.29) is 7.05 Å². The van der Waals surface area contributed by atoms with E-state index in [0.717, 1.165) is 12.3 Å². The minimum atomic E-state index is -0.115. The number of pyridine rings is 1. The van der Waals surface area contributed by atoms with Gasteiger partial charge in [-0.1, -0.05) is 36.4 Å². The summed E-state index contributed by atoms with van der Waals surface area (Å²) >= 11 is 0. The zero-order valence-electron chi connectivity index (χ0n) is 13.9. The minimum Gasteiger partial charge on any atom is -0.514 e. The van der Waals surface area contributed by atoms with Crippen molar-refractivity contribution in [2.45, 2.75) is 20.4 Å². The average Bonchev–Trinajstić information content (AvgIpc) is 2.96. The van der Waals surface area contributed by atoms with Crippen LogP contribution in [-0.4, -0.2) is 7.05 Å². The van der Waals surface area contributed by atoms with E-state index in [2.05, 4.69) is 84.0 Å². The Kier molecular flexibility index (Phi) is 2.78. The van der Waals surface area contributed by atoms with Crippen LogP contribution >= 0.6 is 0 Å². The molecule has 2 aliphatic heterocycles. The second-order valence-electron chi connectivity index (χ2n) is 6.60. The summed E-state index contributed by atoms with van der Waals surface area (Å²) < 4.78 is 8.74. The molecule has 0 fully saturated rings. The molecule has 3 heterocycles. The quantitative estimate of drug-likeness (QED) is 0.507. The smallest absolute Gasteiger partial charge is 0.514 e. The molecule has 3 nitrogen and oxygen atoms in total. The molecule has 0 unspecified atom stereocenters. The van der Waals surface area contributed by atoms with Gasteiger partial charge in [-0.3, -0.25) is 0 Å². The third-order valence-corrected chi connectivity index (χ3v) is 5.09. The van der Waals surface area contributed by atoms with Crippen LogP contribution in [0, 0.1) is 13.8 Å². The van der Waals surface area contributed by atoms with Crippen molar-refractivity contribution in [2.24, 2.45) is 0 Å². The highest BCUT2D eigenvalue weighted by Gasteiger charge is 2.52. The molecule has 0 bridgehead atoms. The Morgan fingerprint density at radius 3 is 2.58 bits per heavy atom. The number of aryl methyl sites for hydroxylation is 2. The van der Waals surface area contributed by atoms with Gasteiger partial charge in [0, 0.05) is 17.1 Å². The van der Waals surface area contributed by atoms with Crippen LogP contribution in [0.3, 0.4) is 0 Å². The number of hydrogen-bond acceptors (Lipinski definition) is 2. The van der Waals surface area contributed by atoms with Crippen LogP contribution in [0.15, 0.2) is 60.8 Å². The molecule has 0 aliphatic carbocycles. The minimum absolute atomic E-state index is 0.115. The molecule has 3 aromatic rings. The summed E-state index contributed by atoms with van der Waals surface area (Å²) in [7, 11) is -0.115. The predicted molar refractivity (Wildman–Crippen MR) is 96.3 cm³/mol. The standard InChI is InChI=1S/C20H18BN2O/c1-14-7-5-8-15(2)19(14)21-23-18-11-3-4-12-22(18)13-16-9-6-10-17(24-21)20(16)23/h3-12H,13H2,1-2H3/q+1. The van der Waals surface area contributed by atoms with Crippen molar-refractivity contribution in [3.8, 4) is 5.75 Å². The van der Waals surface area contributed by atoms with E-state index in [1.54, 1.807) is 0 Å². The highest BCUT2D eigenvalue weighted by atomic mass is 16.5. The Balaban J connectivity index is 1.77. The molecule has 116 valence electrons. The zero-order valence-corrected chi connectivity index (χ0v) is 13.9. The number of rotatable bonds is 1. The van der Waals surface area contributed by atoms with Crippen molar-refractivity contribution in [1.29, 1.82) is 0 Å². The van der Waals surface area contributed by atoms with Crippen molar-refractivity contribution in [3.05, 3.63) is 77.5 Å². The van der Waals surface area contributed by atoms with Crippen molar-refractivity contribution >= 4 is 24.0 Å². The third-order valence-electron chi connectivity index (χ3n) is 5.09. The number of hydrogen-bond donors (Lipinski definition) is 0. The van der Waals surface area contributed by atoms with E-state index in [4.69, 9.17) is 4.65 Å². The molecule has 0 spiro atoms. The highest BCUT2D eigenvalue weighted by Crippen LogP contribution is 2.44. The maximum Gasteiger partial charge on any atom is 0.648 e. The lowest BCUT2D eigenvalue weighted by atomic mass is 9.67. The van der Waals surface area contributed by atoms with Gasteiger partial charge < -0.3 is 4.65 Å². The fourth-order valence-corrected chi connectivity index (χ4v) is 4.00. The van der Waals surface area contributed by atoms with Gasteiger partial charge in [0.2, 0.25) is 0 Å². The molecule has 5 rings (SSSR count). The van der Waals surface area contributed by atoms with E-state index >= 15 is 0 Å². The summed E-state index contributed by atoms with van der Waals surface area (Å²) in [4.78, 5) is 2.35. The monoisotopic (exact) mass is 313 g/mol. The molecule has 1 aromatic heterocycles. The van der Waals surface area contributed by atoms with Crippen molar-refractivity contribution in [1.82, 2.24) is 0 Å². The third kappa shape index (κ3) is 1.77. The number of benzene rings is 2. The first-order valence-electron chi connectivity index (χ1n) is 8.36. The van der Waals surface area contributed by atoms with Gasteiger partial charge >= 0.3 is 7.05 Å². The molecule has 0 atom stereocenters. The lowest BCUT2D eigenvalue weighted by Crippen LogP contribution is -2.55. The molecular formula is C20H18BN2O+. The number of para-hydroxylation sites is 1. The van der Waals surface area contributed by atoms with E-state index < -0.39 is 0 Å². The molecule has 0 amide bonds. The van der Waals surface area contributed by atoms with Crippen LogP contribution in [0.1, 0.15) is 16.7 Å². The molecule has 0 radical (unpaired) electrons. The molecular weight excluding hydrogens is 295 g/mol. The average molecular weight is 313 g/mol. The Bertz CT molecular complexity index is 949. The maximum absolute atomic E-state index is 6.45. The summed E-state index contributed by atoms with van der Waals surface area (Å²) in [6.45, 7) is 5.22. The Labute approximate surface area is 142 Å². The molecule has 4 heteroatoms. The molecule has 2 aliphatic rings. The van der Waals surface area contributed by atoms with Gasteiger partial charge in [0.25, 0.3) is 5.82 Å². The first-order valence-corrected chi connectivity index (χ1v) is 8.36. The van der Waals surface area contributed by atoms with Gasteiger partial charge in [-0.05, 0) is 37.1 Å². The van der Waals surface area contributed by atoms with Crippen LogP contribution in [0.2, 0.25) is 0 Å². The van der Waals surface area contributed by atoms with Gasteiger partial charge in [-0.2, -0.15) is 0 Å². The summed E-state index contributed by atoms with van der Waals surface area (Å²) in [6.07, 6.45) is 2.14. The van der Waals surface area contributed by atoms with Gasteiger partial charge in [0.15, 0.2) is 5.69 Å². The Hall–Kier alpha value is -2.75. The first kappa shape index (κ1) is 13.7. The van der Waals surface area contributed by atoms with Gasteiger partial charge in [0.1, 0.15) is 12.3 Å². The van der Waals surface area contributed by atoms with Crippen LogP contribution in [0.25, 0.3) is 0 Å². The summed E-state index contributed by atoms with van der Waals surface area (Å²) in [6, 6.07) is 19.2. The predicted octanol–water partition coefficient (Wildman–Crippen LogP) is 2.88. The largest absolute Gasteiger partial charge is 0.648 e. The second-order valence-corrected chi connectivity index (χ2v) is 6.60. The molecule has 2 aromatic carbocycles. The molecule has 24 heavy (non-hydrogen) atoms. The number of aromatic nitrogens is 1. The SMILES string of the molecule is Cc1cccc(C)c1B1Oc2cccc3c2N1c1cccc[n+]1C3. The Morgan fingerprint density at radius 1 is 0.958 bits per heavy atom. The number of nitrogens with zero attached hydrogens (tertiary/aromatic N) is 2. The molecule has 0 N–H and O–H groups in total. The van der Waals surface area contributed by atoms with Gasteiger partial charge in [-0.25, -0.2) is 9.38 Å². The van der Waals surface area contributed by atoms with Crippen LogP contribution in [0.5, 0.6) is 5.75 Å². The lowest BCUT2D eigenvalue weighted by molar-refractivity contribution is -0.676. The van der Waals surface area contributed by atoms with E-state index in [1.165, 1.54) is 33.7 Å². The normalized spacial score (nSPS) is 14.2. The van der Waals surface area contributed by atoms with Crippen LogP contribution in [0.4, 0.5) is 11.5 Å². The summed E-state index contributed by atoms with van der Waals surface area (Å²) in [5, 5.41) is 0. The van der Waals surface area contributed by atoms with Crippen molar-refractivity contribution in [2.75, 3.05) is 4.81 Å². The van der Waals surface area contributed by atoms with Gasteiger partial charge in [0.05, 0.1) is 6.20 Å². The summed E-state index contributed by atoms with van der Waals surface area (Å²) in [5.74, 6) is 2.16. The topological polar surface area (TPSA) is 16.4 Å². The van der Waals surface area contributed by atoms with E-state index in [1.807, 2.05) is 0 Å². The van der Waals surface area contributed by atoms with Crippen LogP contribution < -0.4 is 19.5 Å². The fraction of sp³-hybridized carbons (Fsp3) is 0.150. The maximum atomic E-state index is 6.45. The van der Waals surface area contributed by atoms with Crippen molar-refractivity contribution in [3.63, 3.8) is 0 Å². The van der Waals surface area contributed by atoms with Gasteiger partial charge in [-0.15, -0.1) is 0 Å². The van der Waals surface area contributed by atoms with E-state index in [9.17, 15) is 0 Å². The van der Waals surface area contributed by atoms with Crippen LogP contribution in [-0.2, 0) is 6.54 Å². The number of fused-ring (bicyclic) bond motifs is 2. The van der Waals surface area contributed by atoms with Crippen molar-refractivity contribution < 1.29 is 9.22 Å². The second kappa shape index (κ2) is 4.87. The zero-order chi connectivity index (χ0) is 16.3. The number of anilines is 2. The fourth-order valence-electron chi connectivity index (χ4n) is 4.00. The highest BCUT2D eigenvalue weighted by molar-refractivity contribution is 6.75. The molecule has 0 saturated heterocycles. The summed E-state index contributed by atoms with van der Waals surface area (Å²) in [5.41, 5.74) is 6.32. The van der Waals surface area contributed by atoms with E-state index in [0.29, 0.717) is 0 Å². The Morgan fingerprint density at radius 2 is 1.75 bits per heavy atom. The molecule has 0 saturated carbocycles. The lowest BCUT2D eigenvalue weighted by Gasteiger charge is -2.24. The first-order chi connectivity index (χ1) is 11.7.